The first-order valence-corrected chi connectivity index (χ1v) is 7.59. The fraction of sp³-hybridized carbons (Fsp3) is 0.353. The van der Waals surface area contributed by atoms with Gasteiger partial charge in [-0.1, -0.05) is 12.1 Å². The third-order valence-corrected chi connectivity index (χ3v) is 4.33. The lowest BCUT2D eigenvalue weighted by Gasteiger charge is -2.30. The quantitative estimate of drug-likeness (QED) is 0.651. The fourth-order valence-electron chi connectivity index (χ4n) is 3.29. The molecule has 1 aromatic rings. The first kappa shape index (κ1) is 18.4. The topological polar surface area (TPSA) is 47.6 Å². The molecule has 0 aliphatic carbocycles. The van der Waals surface area contributed by atoms with E-state index >= 15 is 0 Å². The number of methoxy groups -OCH3 is 1. The molecule has 2 aliphatic rings. The van der Waals surface area contributed by atoms with Gasteiger partial charge in [0.25, 0.3) is 0 Å². The molecule has 1 N–H and O–H groups in total. The molecule has 140 valence electrons. The number of carbonyl (C=O) groups excluding carboxylic acids is 1. The summed E-state index contributed by atoms with van der Waals surface area (Å²) in [6.45, 7) is -1.17. The van der Waals surface area contributed by atoms with E-state index in [1.54, 1.807) is 0 Å². The van der Waals surface area contributed by atoms with Gasteiger partial charge in [-0.05, 0) is 17.2 Å². The molecule has 0 amide bonds. The van der Waals surface area contributed by atoms with Crippen LogP contribution in [0.4, 0.5) is 22.0 Å². The lowest BCUT2D eigenvalue weighted by molar-refractivity contribution is -0.141. The molecule has 9 heteroatoms. The number of hydrogen-bond acceptors (Lipinski definition) is 4. The molecule has 0 aromatic heterocycles. The Morgan fingerprint density at radius 1 is 1.35 bits per heavy atom. The average molecular weight is 375 g/mol. The van der Waals surface area contributed by atoms with Gasteiger partial charge >= 0.3 is 12.1 Å². The molecule has 2 aliphatic heterocycles. The van der Waals surface area contributed by atoms with Crippen molar-refractivity contribution in [1.29, 1.82) is 0 Å². The molecule has 0 saturated carbocycles. The number of rotatable bonds is 3. The van der Waals surface area contributed by atoms with Crippen molar-refractivity contribution < 1.29 is 36.2 Å². The van der Waals surface area contributed by atoms with Crippen molar-refractivity contribution in [3.05, 3.63) is 57.7 Å². The van der Waals surface area contributed by atoms with E-state index in [1.165, 1.54) is 0 Å². The predicted molar refractivity (Wildman–Crippen MR) is 80.1 cm³/mol. The van der Waals surface area contributed by atoms with Crippen LogP contribution >= 0.6 is 0 Å². The Kier molecular flexibility index (Phi) is 4.74. The summed E-state index contributed by atoms with van der Waals surface area (Å²) in [5, 5.41) is 2.69. The molecule has 0 spiro atoms. The third-order valence-electron chi connectivity index (χ3n) is 4.33. The normalized spacial score (nSPS) is 20.2. The van der Waals surface area contributed by atoms with Gasteiger partial charge in [0.15, 0.2) is 0 Å². The Balaban J connectivity index is 2.29. The summed E-state index contributed by atoms with van der Waals surface area (Å²) >= 11 is 0. The Morgan fingerprint density at radius 2 is 2.08 bits per heavy atom. The molecule has 4 nitrogen and oxygen atoms in total. The summed E-state index contributed by atoms with van der Waals surface area (Å²) in [5.41, 5.74) is -1.83. The molecule has 1 atom stereocenters. The van der Waals surface area contributed by atoms with Crippen LogP contribution in [0.25, 0.3) is 0 Å². The minimum Gasteiger partial charge on any atom is -0.466 e. The fourth-order valence-corrected chi connectivity index (χ4v) is 3.29. The summed E-state index contributed by atoms with van der Waals surface area (Å²) in [4.78, 5) is 12.2. The maximum absolute atomic E-state index is 14.0. The van der Waals surface area contributed by atoms with Gasteiger partial charge in [0.2, 0.25) is 0 Å². The van der Waals surface area contributed by atoms with E-state index in [0.717, 1.165) is 19.2 Å². The molecule has 0 unspecified atom stereocenters. The van der Waals surface area contributed by atoms with Crippen LogP contribution in [0.2, 0.25) is 0 Å². The summed E-state index contributed by atoms with van der Waals surface area (Å²) < 4.78 is 77.9. The largest absolute Gasteiger partial charge is 0.466 e. The van der Waals surface area contributed by atoms with Crippen LogP contribution in [0.5, 0.6) is 0 Å². The number of alkyl halides is 4. The number of ether oxygens (including phenoxy) is 2. The van der Waals surface area contributed by atoms with Crippen LogP contribution in [0.15, 0.2) is 40.7 Å². The first-order chi connectivity index (χ1) is 12.3. The van der Waals surface area contributed by atoms with Crippen molar-refractivity contribution in [2.45, 2.75) is 12.1 Å². The SMILES string of the molecule is COC(=O)C1=C(CF)NC2=C(COC2)[C@@H]1c1cccc(F)c1C(F)(F)F. The van der Waals surface area contributed by atoms with Gasteiger partial charge < -0.3 is 14.8 Å². The summed E-state index contributed by atoms with van der Waals surface area (Å²) in [6.07, 6.45) is -5.00. The van der Waals surface area contributed by atoms with Gasteiger partial charge in [-0.2, -0.15) is 13.2 Å². The van der Waals surface area contributed by atoms with E-state index in [2.05, 4.69) is 10.1 Å². The van der Waals surface area contributed by atoms with Gasteiger partial charge in [-0.3, -0.25) is 0 Å². The smallest absolute Gasteiger partial charge is 0.419 e. The highest BCUT2D eigenvalue weighted by molar-refractivity contribution is 5.93. The summed E-state index contributed by atoms with van der Waals surface area (Å²) in [6, 6.07) is 2.87. The predicted octanol–water partition coefficient (Wildman–Crippen LogP) is 3.21. The lowest BCUT2D eigenvalue weighted by Crippen LogP contribution is -2.32. The van der Waals surface area contributed by atoms with Gasteiger partial charge in [0, 0.05) is 11.6 Å². The Labute approximate surface area is 145 Å². The molecular formula is C17H14F5NO3. The van der Waals surface area contributed by atoms with E-state index in [0.29, 0.717) is 17.3 Å². The third kappa shape index (κ3) is 2.96. The van der Waals surface area contributed by atoms with Crippen LogP contribution in [-0.2, 0) is 20.4 Å². The van der Waals surface area contributed by atoms with E-state index in [1.807, 2.05) is 0 Å². The molecule has 0 saturated heterocycles. The Morgan fingerprint density at radius 3 is 2.69 bits per heavy atom. The number of nitrogens with one attached hydrogen (secondary N) is 1. The highest BCUT2D eigenvalue weighted by atomic mass is 19.4. The second-order valence-corrected chi connectivity index (χ2v) is 5.77. The molecule has 3 rings (SSSR count). The molecule has 0 radical (unpaired) electrons. The van der Waals surface area contributed by atoms with Crippen LogP contribution in [0, 0.1) is 5.82 Å². The number of carbonyl (C=O) groups is 1. The monoisotopic (exact) mass is 375 g/mol. The zero-order valence-electron chi connectivity index (χ0n) is 13.5. The van der Waals surface area contributed by atoms with Crippen molar-refractivity contribution in [3.63, 3.8) is 0 Å². The summed E-state index contributed by atoms with van der Waals surface area (Å²) in [7, 11) is 1.04. The molecule has 2 heterocycles. The standard InChI is InChI=1S/C17H14F5NO3/c1-25-16(24)14-11(5-18)23-12-7-26-6-9(12)13(14)8-3-2-4-10(19)15(8)17(20,21)22/h2-4,13,23H,5-7H2,1H3/t13-/m0/s1. The van der Waals surface area contributed by atoms with Crippen LogP contribution < -0.4 is 5.32 Å². The second-order valence-electron chi connectivity index (χ2n) is 5.77. The maximum Gasteiger partial charge on any atom is 0.419 e. The minimum atomic E-state index is -5.00. The lowest BCUT2D eigenvalue weighted by atomic mass is 9.79. The Bertz CT molecular complexity index is 813. The zero-order valence-corrected chi connectivity index (χ0v) is 13.5. The van der Waals surface area contributed by atoms with Gasteiger partial charge in [-0.25, -0.2) is 13.6 Å². The second kappa shape index (κ2) is 6.71. The molecule has 0 fully saturated rings. The Hall–Kier alpha value is -2.42. The van der Waals surface area contributed by atoms with Crippen LogP contribution in [0.1, 0.15) is 17.0 Å². The minimum absolute atomic E-state index is 0.0282. The van der Waals surface area contributed by atoms with Gasteiger partial charge in [0.1, 0.15) is 12.5 Å². The van der Waals surface area contributed by atoms with Gasteiger partial charge in [0.05, 0.1) is 37.2 Å². The first-order valence-electron chi connectivity index (χ1n) is 7.59. The van der Waals surface area contributed by atoms with Gasteiger partial charge in [-0.15, -0.1) is 0 Å². The van der Waals surface area contributed by atoms with E-state index in [-0.39, 0.29) is 24.5 Å². The van der Waals surface area contributed by atoms with E-state index in [4.69, 9.17) is 4.74 Å². The molecule has 1 aromatic carbocycles. The van der Waals surface area contributed by atoms with Crippen molar-refractivity contribution in [2.24, 2.45) is 0 Å². The number of allylic oxidation sites excluding steroid dienone is 1. The molecular weight excluding hydrogens is 361 g/mol. The summed E-state index contributed by atoms with van der Waals surface area (Å²) in [5.74, 6) is -3.79. The van der Waals surface area contributed by atoms with Crippen molar-refractivity contribution in [3.8, 4) is 0 Å². The number of dihydropyridines is 1. The number of benzene rings is 1. The highest BCUT2D eigenvalue weighted by Crippen LogP contribution is 2.46. The zero-order chi connectivity index (χ0) is 19.1. The van der Waals surface area contributed by atoms with E-state index < -0.39 is 41.7 Å². The van der Waals surface area contributed by atoms with E-state index in [9.17, 15) is 26.7 Å². The average Bonchev–Trinajstić information content (AvgIpc) is 3.06. The van der Waals surface area contributed by atoms with Crippen LogP contribution in [0.3, 0.4) is 0 Å². The number of halogens is 5. The molecule has 26 heavy (non-hydrogen) atoms. The highest BCUT2D eigenvalue weighted by Gasteiger charge is 2.44. The molecule has 0 bridgehead atoms. The van der Waals surface area contributed by atoms with Crippen LogP contribution in [-0.4, -0.2) is 33.0 Å². The maximum atomic E-state index is 14.0. The van der Waals surface area contributed by atoms with Crippen molar-refractivity contribution >= 4 is 5.97 Å². The number of esters is 1. The van der Waals surface area contributed by atoms with Crippen molar-refractivity contribution in [2.75, 3.05) is 27.0 Å². The van der Waals surface area contributed by atoms with Crippen molar-refractivity contribution in [1.82, 2.24) is 5.32 Å². The number of hydrogen-bond donors (Lipinski definition) is 1.